The van der Waals surface area contributed by atoms with Crippen LogP contribution < -0.4 is 10.6 Å². The van der Waals surface area contributed by atoms with E-state index in [9.17, 15) is 14.3 Å². The van der Waals surface area contributed by atoms with Crippen molar-refractivity contribution in [2.75, 3.05) is 17.2 Å². The Labute approximate surface area is 199 Å². The molecule has 1 aromatic heterocycles. The minimum Gasteiger partial charge on any atom is -0.506 e. The molecule has 33 heavy (non-hydrogen) atoms. The van der Waals surface area contributed by atoms with Crippen molar-refractivity contribution >= 4 is 46.4 Å². The number of phenols is 1. The van der Waals surface area contributed by atoms with Gasteiger partial charge in [0.25, 0.3) is 5.91 Å². The fourth-order valence-corrected chi connectivity index (χ4v) is 3.93. The molecule has 1 saturated heterocycles. The van der Waals surface area contributed by atoms with Crippen molar-refractivity contribution in [2.24, 2.45) is 0 Å². The molecule has 3 aromatic rings. The van der Waals surface area contributed by atoms with E-state index in [0.717, 1.165) is 19.4 Å². The number of rotatable bonds is 7. The summed E-state index contributed by atoms with van der Waals surface area (Å²) >= 11 is 12.0. The molecule has 0 bridgehead atoms. The van der Waals surface area contributed by atoms with Crippen molar-refractivity contribution in [1.82, 2.24) is 9.97 Å². The second-order valence-corrected chi connectivity index (χ2v) is 8.38. The van der Waals surface area contributed by atoms with Gasteiger partial charge in [0.05, 0.1) is 33.1 Å². The van der Waals surface area contributed by atoms with E-state index in [2.05, 4.69) is 20.6 Å². The summed E-state index contributed by atoms with van der Waals surface area (Å²) in [5.41, 5.74) is 1.16. The molecule has 4 rings (SSSR count). The lowest BCUT2D eigenvalue weighted by Crippen LogP contribution is -2.18. The van der Waals surface area contributed by atoms with Crippen LogP contribution in [-0.2, 0) is 11.2 Å². The van der Waals surface area contributed by atoms with Crippen molar-refractivity contribution in [1.29, 1.82) is 0 Å². The third-order valence-electron chi connectivity index (χ3n) is 5.24. The summed E-state index contributed by atoms with van der Waals surface area (Å²) in [5.74, 6) is -0.998. The summed E-state index contributed by atoms with van der Waals surface area (Å²) < 4.78 is 19.8. The molecule has 2 heterocycles. The first-order valence-electron chi connectivity index (χ1n) is 10.4. The van der Waals surface area contributed by atoms with E-state index in [-0.39, 0.29) is 39.1 Å². The lowest BCUT2D eigenvalue weighted by molar-refractivity contribution is 0.101. The lowest BCUT2D eigenvalue weighted by Gasteiger charge is -2.14. The summed E-state index contributed by atoms with van der Waals surface area (Å²) in [6.07, 6.45) is 4.58. The number of nitrogens with zero attached hydrogens (tertiary/aromatic N) is 2. The van der Waals surface area contributed by atoms with Gasteiger partial charge in [-0.1, -0.05) is 29.3 Å². The summed E-state index contributed by atoms with van der Waals surface area (Å²) in [7, 11) is 0. The number of phenolic OH excluding ortho intramolecular Hbond substituents is 1. The first-order chi connectivity index (χ1) is 15.9. The third kappa shape index (κ3) is 5.71. The van der Waals surface area contributed by atoms with Crippen LogP contribution in [0, 0.1) is 5.82 Å². The molecule has 2 aromatic carbocycles. The topological polar surface area (TPSA) is 96.4 Å². The van der Waals surface area contributed by atoms with Gasteiger partial charge < -0.3 is 20.5 Å². The van der Waals surface area contributed by atoms with Crippen molar-refractivity contribution in [3.8, 4) is 5.75 Å². The molecular formula is C23H21Cl2FN4O3. The zero-order valence-corrected chi connectivity index (χ0v) is 19.0. The molecule has 1 atom stereocenters. The zero-order chi connectivity index (χ0) is 23.4. The number of aromatic hydroxyl groups is 1. The van der Waals surface area contributed by atoms with Gasteiger partial charge in [-0.25, -0.2) is 14.4 Å². The van der Waals surface area contributed by atoms with Gasteiger partial charge in [-0.15, -0.1) is 0 Å². The monoisotopic (exact) mass is 490 g/mol. The smallest absolute Gasteiger partial charge is 0.259 e. The molecule has 3 N–H and O–H groups in total. The highest BCUT2D eigenvalue weighted by atomic mass is 35.5. The first kappa shape index (κ1) is 23.2. The molecule has 1 unspecified atom stereocenters. The van der Waals surface area contributed by atoms with Crippen LogP contribution >= 0.6 is 23.2 Å². The molecule has 0 aliphatic carbocycles. The average molecular weight is 491 g/mol. The molecular weight excluding hydrogens is 470 g/mol. The summed E-state index contributed by atoms with van der Waals surface area (Å²) in [6, 6.07) is 8.77. The number of aromatic nitrogens is 2. The number of ether oxygens (including phenoxy) is 1. The largest absolute Gasteiger partial charge is 0.506 e. The van der Waals surface area contributed by atoms with Crippen LogP contribution in [0.4, 0.5) is 21.7 Å². The molecule has 10 heteroatoms. The van der Waals surface area contributed by atoms with Gasteiger partial charge in [-0.3, -0.25) is 4.79 Å². The number of carbonyl (C=O) groups excluding carboxylic acids is 1. The average Bonchev–Trinajstić information content (AvgIpc) is 3.31. The van der Waals surface area contributed by atoms with Crippen LogP contribution in [0.25, 0.3) is 0 Å². The number of carbonyl (C=O) groups is 1. The van der Waals surface area contributed by atoms with Gasteiger partial charge in [-0.2, -0.15) is 0 Å². The van der Waals surface area contributed by atoms with Crippen molar-refractivity contribution in [3.05, 3.63) is 69.7 Å². The number of anilines is 3. The van der Waals surface area contributed by atoms with Gasteiger partial charge >= 0.3 is 0 Å². The number of para-hydroxylation sites is 1. The Morgan fingerprint density at radius 3 is 2.82 bits per heavy atom. The molecule has 1 aliphatic rings. The fourth-order valence-electron chi connectivity index (χ4n) is 3.54. The van der Waals surface area contributed by atoms with Crippen LogP contribution in [-0.4, -0.2) is 33.7 Å². The first-order valence-corrected chi connectivity index (χ1v) is 11.1. The van der Waals surface area contributed by atoms with Crippen LogP contribution in [0.15, 0.2) is 42.6 Å². The molecule has 172 valence electrons. The second-order valence-electron chi connectivity index (χ2n) is 7.57. The Hall–Kier alpha value is -2.94. The van der Waals surface area contributed by atoms with E-state index < -0.39 is 11.7 Å². The molecule has 1 fully saturated rings. The lowest BCUT2D eigenvalue weighted by atomic mass is 10.1. The minimum atomic E-state index is -0.639. The maximum Gasteiger partial charge on any atom is 0.259 e. The number of aryl methyl sites for hydroxylation is 1. The number of benzene rings is 2. The molecule has 1 aliphatic heterocycles. The molecule has 0 radical (unpaired) electrons. The van der Waals surface area contributed by atoms with Crippen LogP contribution in [0.2, 0.25) is 10.0 Å². The highest BCUT2D eigenvalue weighted by Gasteiger charge is 2.21. The SMILES string of the molecule is O=C(Nc1c(F)cccc1Cl)c1cnc(Nc2ccc(O)c(Cl)c2)nc1CCC1CCCO1. The van der Waals surface area contributed by atoms with Crippen LogP contribution in [0.1, 0.15) is 35.3 Å². The van der Waals surface area contributed by atoms with E-state index in [1.807, 2.05) is 0 Å². The Morgan fingerprint density at radius 1 is 1.24 bits per heavy atom. The van der Waals surface area contributed by atoms with E-state index in [1.54, 1.807) is 6.07 Å². The van der Waals surface area contributed by atoms with Gasteiger partial charge in [0.2, 0.25) is 5.95 Å². The maximum absolute atomic E-state index is 14.2. The Morgan fingerprint density at radius 2 is 2.09 bits per heavy atom. The summed E-state index contributed by atoms with van der Waals surface area (Å²) in [6.45, 7) is 0.724. The molecule has 1 amide bonds. The number of halogens is 3. The van der Waals surface area contributed by atoms with Crippen molar-refractivity contribution < 1.29 is 19.0 Å². The maximum atomic E-state index is 14.2. The number of hydrogen-bond donors (Lipinski definition) is 3. The van der Waals surface area contributed by atoms with Gasteiger partial charge in [0, 0.05) is 18.5 Å². The minimum absolute atomic E-state index is 0.0424. The fraction of sp³-hybridized carbons (Fsp3) is 0.261. The van der Waals surface area contributed by atoms with Crippen molar-refractivity contribution in [3.63, 3.8) is 0 Å². The normalized spacial score (nSPS) is 15.4. The predicted octanol–water partition coefficient (Wildman–Crippen LogP) is 5.74. The van der Waals surface area contributed by atoms with Gasteiger partial charge in [0.1, 0.15) is 11.6 Å². The highest BCUT2D eigenvalue weighted by Crippen LogP contribution is 2.28. The van der Waals surface area contributed by atoms with Crippen molar-refractivity contribution in [2.45, 2.75) is 31.8 Å². The van der Waals surface area contributed by atoms with E-state index in [0.29, 0.717) is 24.2 Å². The third-order valence-corrected chi connectivity index (χ3v) is 5.86. The molecule has 7 nitrogen and oxygen atoms in total. The predicted molar refractivity (Wildman–Crippen MR) is 125 cm³/mol. The summed E-state index contributed by atoms with van der Waals surface area (Å²) in [4.78, 5) is 21.7. The Bertz CT molecular complexity index is 1150. The van der Waals surface area contributed by atoms with E-state index >= 15 is 0 Å². The van der Waals surface area contributed by atoms with E-state index in [4.69, 9.17) is 27.9 Å². The number of nitrogens with one attached hydrogen (secondary N) is 2. The Kier molecular flexibility index (Phi) is 7.27. The zero-order valence-electron chi connectivity index (χ0n) is 17.4. The van der Waals surface area contributed by atoms with Crippen LogP contribution in [0.5, 0.6) is 5.75 Å². The van der Waals surface area contributed by atoms with Gasteiger partial charge in [-0.05, 0) is 56.0 Å². The highest BCUT2D eigenvalue weighted by molar-refractivity contribution is 6.34. The molecule has 0 spiro atoms. The Balaban J connectivity index is 1.60. The number of hydrogen-bond acceptors (Lipinski definition) is 6. The van der Waals surface area contributed by atoms with Gasteiger partial charge in [0.15, 0.2) is 0 Å². The number of amides is 1. The quantitative estimate of drug-likeness (QED) is 0.365. The van der Waals surface area contributed by atoms with Crippen LogP contribution in [0.3, 0.4) is 0 Å². The summed E-state index contributed by atoms with van der Waals surface area (Å²) in [5, 5.41) is 15.4. The standard InChI is InChI=1S/C23H21Cl2FN4O3/c24-16-4-1-5-18(26)21(16)30-22(32)15-12-27-23(28-13-6-9-20(31)17(25)11-13)29-19(15)8-7-14-3-2-10-33-14/h1,4-6,9,11-12,14,31H,2-3,7-8,10H2,(H,30,32)(H,27,28,29). The molecule has 0 saturated carbocycles. The second kappa shape index (κ2) is 10.3. The van der Waals surface area contributed by atoms with E-state index in [1.165, 1.54) is 36.5 Å².